The summed E-state index contributed by atoms with van der Waals surface area (Å²) in [4.78, 5) is 37.5. The van der Waals surface area contributed by atoms with E-state index in [9.17, 15) is 27.2 Å². The molecule has 4 heterocycles. The predicted molar refractivity (Wildman–Crippen MR) is 147 cm³/mol. The largest absolute Gasteiger partial charge is 0.462 e. The van der Waals surface area contributed by atoms with Gasteiger partial charge in [0, 0.05) is 36.4 Å². The molecule has 43 heavy (non-hydrogen) atoms. The summed E-state index contributed by atoms with van der Waals surface area (Å²) in [6, 6.07) is 7.86. The molecule has 9 nitrogen and oxygen atoms in total. The molecule has 1 saturated heterocycles. The van der Waals surface area contributed by atoms with Crippen LogP contribution in [0, 0.1) is 5.92 Å². The van der Waals surface area contributed by atoms with Crippen molar-refractivity contribution in [1.82, 2.24) is 19.7 Å². The second-order valence-corrected chi connectivity index (χ2v) is 11.8. The van der Waals surface area contributed by atoms with Crippen LogP contribution in [-0.4, -0.2) is 56.9 Å². The van der Waals surface area contributed by atoms with Crippen molar-refractivity contribution >= 4 is 28.9 Å². The Bertz CT molecular complexity index is 1510. The van der Waals surface area contributed by atoms with Crippen molar-refractivity contribution < 1.29 is 36.7 Å². The van der Waals surface area contributed by atoms with Gasteiger partial charge in [0.2, 0.25) is 5.91 Å². The first-order valence-electron chi connectivity index (χ1n) is 14.1. The molecular weight excluding hydrogens is 590 g/mol. The molecule has 1 aliphatic carbocycles. The lowest BCUT2D eigenvalue weighted by Gasteiger charge is -2.31. The Morgan fingerprint density at radius 2 is 1.84 bits per heavy atom. The van der Waals surface area contributed by atoms with E-state index in [0.29, 0.717) is 72.6 Å². The van der Waals surface area contributed by atoms with Crippen LogP contribution in [0.3, 0.4) is 0 Å². The van der Waals surface area contributed by atoms with Gasteiger partial charge < -0.3 is 14.5 Å². The number of amides is 1. The first kappa shape index (κ1) is 29.3. The Kier molecular flexibility index (Phi) is 8.46. The van der Waals surface area contributed by atoms with Crippen molar-refractivity contribution in [3.63, 3.8) is 0 Å². The number of carbonyl (C=O) groups excluding carboxylic acids is 2. The Balaban J connectivity index is 1.03. The van der Waals surface area contributed by atoms with E-state index in [2.05, 4.69) is 10.3 Å². The first-order valence-corrected chi connectivity index (χ1v) is 15.0. The average Bonchev–Trinajstić information content (AvgIpc) is 3.37. The fraction of sp³-hybridized carbons (Fsp3) is 0.483. The molecule has 1 saturated carbocycles. The van der Waals surface area contributed by atoms with Gasteiger partial charge in [0.05, 0.1) is 22.9 Å². The number of thiazole rings is 1. The van der Waals surface area contributed by atoms with Gasteiger partial charge in [-0.05, 0) is 43.7 Å². The summed E-state index contributed by atoms with van der Waals surface area (Å²) < 4.78 is 58.7. The number of benzene rings is 1. The maximum absolute atomic E-state index is 13.3. The highest BCUT2D eigenvalue weighted by molar-refractivity contribution is 7.10. The highest BCUT2D eigenvalue weighted by Gasteiger charge is 2.32. The van der Waals surface area contributed by atoms with Crippen LogP contribution in [0.5, 0.6) is 0 Å². The van der Waals surface area contributed by atoms with Gasteiger partial charge in [-0.1, -0.05) is 23.4 Å². The molecule has 0 spiro atoms. The SMILES string of the molecule is O=C(OCC1CC1)c1ccccc1C1CC(c2csc(C3CCN(C(=O)Cn4nc(C(F)F)cc4C(F)F)CC3)n2)=NO1. The Morgan fingerprint density at radius 1 is 1.07 bits per heavy atom. The van der Waals surface area contributed by atoms with E-state index in [1.54, 1.807) is 12.1 Å². The lowest BCUT2D eigenvalue weighted by molar-refractivity contribution is -0.133. The molecule has 14 heteroatoms. The Hall–Kier alpha value is -3.81. The van der Waals surface area contributed by atoms with Crippen molar-refractivity contribution in [1.29, 1.82) is 0 Å². The number of halogens is 4. The van der Waals surface area contributed by atoms with E-state index in [1.807, 2.05) is 17.5 Å². The maximum atomic E-state index is 13.3. The Morgan fingerprint density at radius 3 is 2.56 bits per heavy atom. The number of oxime groups is 1. The summed E-state index contributed by atoms with van der Waals surface area (Å²) in [7, 11) is 0. The number of alkyl halides is 4. The van der Waals surface area contributed by atoms with Crippen molar-refractivity contribution in [2.75, 3.05) is 19.7 Å². The van der Waals surface area contributed by atoms with Crippen LogP contribution in [0.4, 0.5) is 17.6 Å². The molecular formula is C29H29F4N5O4S. The molecule has 6 rings (SSSR count). The third-order valence-corrected chi connectivity index (χ3v) is 8.93. The Labute approximate surface area is 248 Å². The highest BCUT2D eigenvalue weighted by Crippen LogP contribution is 2.35. The molecule has 1 aromatic carbocycles. The summed E-state index contributed by atoms with van der Waals surface area (Å²) in [6.45, 7) is 0.665. The molecule has 3 aromatic rings. The number of nitrogens with zero attached hydrogens (tertiary/aromatic N) is 5. The molecule has 1 atom stereocenters. The van der Waals surface area contributed by atoms with Crippen molar-refractivity contribution in [3.8, 4) is 0 Å². The zero-order chi connectivity index (χ0) is 30.1. The van der Waals surface area contributed by atoms with E-state index in [4.69, 9.17) is 14.6 Å². The van der Waals surface area contributed by atoms with Crippen LogP contribution in [-0.2, 0) is 20.9 Å². The third-order valence-electron chi connectivity index (χ3n) is 7.92. The minimum Gasteiger partial charge on any atom is -0.462 e. The fourth-order valence-corrected chi connectivity index (χ4v) is 6.29. The smallest absolute Gasteiger partial charge is 0.338 e. The number of carbonyl (C=O) groups is 2. The highest BCUT2D eigenvalue weighted by atomic mass is 32.1. The molecule has 0 bridgehead atoms. The van der Waals surface area contributed by atoms with E-state index in [-0.39, 0.29) is 11.9 Å². The van der Waals surface area contributed by atoms with Crippen LogP contribution >= 0.6 is 11.3 Å². The topological polar surface area (TPSA) is 98.9 Å². The summed E-state index contributed by atoms with van der Waals surface area (Å²) in [5.74, 6) is -0.260. The monoisotopic (exact) mass is 619 g/mol. The zero-order valence-electron chi connectivity index (χ0n) is 23.0. The minimum absolute atomic E-state index is 0.0928. The van der Waals surface area contributed by atoms with Crippen molar-refractivity contribution in [2.45, 2.75) is 63.5 Å². The molecule has 1 unspecified atom stereocenters. The van der Waals surface area contributed by atoms with Crippen molar-refractivity contribution in [2.24, 2.45) is 11.1 Å². The van der Waals surface area contributed by atoms with Gasteiger partial charge >= 0.3 is 5.97 Å². The van der Waals surface area contributed by atoms with Crippen LogP contribution in [0.15, 0.2) is 40.9 Å². The summed E-state index contributed by atoms with van der Waals surface area (Å²) in [5.41, 5.74) is 1.09. The molecule has 1 amide bonds. The van der Waals surface area contributed by atoms with E-state index in [0.717, 1.165) is 23.4 Å². The quantitative estimate of drug-likeness (QED) is 0.202. The number of rotatable bonds is 10. The van der Waals surface area contributed by atoms with Gasteiger partial charge in [0.15, 0.2) is 6.10 Å². The first-order chi connectivity index (χ1) is 20.8. The minimum atomic E-state index is -3.02. The lowest BCUT2D eigenvalue weighted by atomic mass is 9.97. The molecule has 2 aromatic heterocycles. The normalized spacial score (nSPS) is 19.2. The van der Waals surface area contributed by atoms with Crippen LogP contribution < -0.4 is 0 Å². The van der Waals surface area contributed by atoms with Gasteiger partial charge in [-0.15, -0.1) is 11.3 Å². The average molecular weight is 620 g/mol. The molecule has 2 aliphatic heterocycles. The molecule has 0 N–H and O–H groups in total. The second-order valence-electron chi connectivity index (χ2n) is 10.9. The van der Waals surface area contributed by atoms with Crippen LogP contribution in [0.25, 0.3) is 0 Å². The third kappa shape index (κ3) is 6.58. The number of likely N-dealkylation sites (tertiary alicyclic amines) is 1. The number of esters is 1. The molecule has 0 radical (unpaired) electrons. The summed E-state index contributed by atoms with van der Waals surface area (Å²) in [6.07, 6.45) is -2.60. The van der Waals surface area contributed by atoms with E-state index < -0.39 is 42.8 Å². The summed E-state index contributed by atoms with van der Waals surface area (Å²) >= 11 is 1.49. The van der Waals surface area contributed by atoms with Gasteiger partial charge in [-0.3, -0.25) is 9.48 Å². The molecule has 2 fully saturated rings. The number of hydrogen-bond donors (Lipinski definition) is 0. The van der Waals surface area contributed by atoms with E-state index >= 15 is 0 Å². The molecule has 3 aliphatic rings. The number of hydrogen-bond acceptors (Lipinski definition) is 8. The number of ether oxygens (including phenoxy) is 1. The standard InChI is InChI=1S/C29H29F4N5O4S/c30-26(31)21-11-23(27(32)33)38(35-21)13-25(39)37-9-7-17(8-10-37)28-34-22(15-43-28)20-12-24(42-36-20)18-3-1-2-4-19(18)29(40)41-14-16-5-6-16/h1-4,11,15-17,24,26-27H,5-10,12-14H2. The maximum Gasteiger partial charge on any atom is 0.338 e. The number of aromatic nitrogens is 3. The number of piperidine rings is 1. The summed E-state index contributed by atoms with van der Waals surface area (Å²) in [5, 5.41) is 10.6. The molecule has 228 valence electrons. The second kappa shape index (κ2) is 12.4. The predicted octanol–water partition coefficient (Wildman–Crippen LogP) is 6.05. The van der Waals surface area contributed by atoms with Gasteiger partial charge in [0.1, 0.15) is 23.6 Å². The van der Waals surface area contributed by atoms with Crippen molar-refractivity contribution in [3.05, 3.63) is 68.9 Å². The fourth-order valence-electron chi connectivity index (χ4n) is 5.29. The van der Waals surface area contributed by atoms with Gasteiger partial charge in [-0.2, -0.15) is 5.10 Å². The van der Waals surface area contributed by atoms with Crippen LogP contribution in [0.2, 0.25) is 0 Å². The van der Waals surface area contributed by atoms with Crippen LogP contribution in [0.1, 0.15) is 95.0 Å². The van der Waals surface area contributed by atoms with E-state index in [1.165, 1.54) is 16.2 Å². The lowest BCUT2D eigenvalue weighted by Crippen LogP contribution is -2.40. The van der Waals surface area contributed by atoms with Gasteiger partial charge in [0.25, 0.3) is 12.9 Å². The van der Waals surface area contributed by atoms with Gasteiger partial charge in [-0.25, -0.2) is 27.3 Å². The zero-order valence-corrected chi connectivity index (χ0v) is 23.8.